The molecule has 1 rings (SSSR count). The number of halogens is 1. The summed E-state index contributed by atoms with van der Waals surface area (Å²) in [6, 6.07) is 3.17. The van der Waals surface area contributed by atoms with Gasteiger partial charge in [-0.05, 0) is 83.7 Å². The summed E-state index contributed by atoms with van der Waals surface area (Å²) in [6.45, 7) is 2.65. The van der Waals surface area contributed by atoms with Gasteiger partial charge in [0.15, 0.2) is 0 Å². The van der Waals surface area contributed by atoms with Crippen molar-refractivity contribution in [2.45, 2.75) is 89.6 Å². The number of anilines is 1. The summed E-state index contributed by atoms with van der Waals surface area (Å²) in [6.07, 6.45) is 11.5. The summed E-state index contributed by atoms with van der Waals surface area (Å²) < 4.78 is 12.2. The molecule has 0 aliphatic rings. The minimum atomic E-state index is -0.596. The molecule has 0 fully saturated rings. The first-order chi connectivity index (χ1) is 28.8. The van der Waals surface area contributed by atoms with Crippen molar-refractivity contribution >= 4 is 55.3 Å². The lowest BCUT2D eigenvalue weighted by molar-refractivity contribution is -0.123. The molecule has 1 aromatic carbocycles. The number of aliphatic hydroxyl groups is 3. The molecule has 0 aliphatic carbocycles. The zero-order valence-corrected chi connectivity index (χ0v) is 35.9. The Kier molecular flexibility index (Phi) is 59.0. The SMILES string of the molecule is CNC(N)=O.CNCCCCC(C)NC(=O)NC(C=O)CCC=O.CO.CO.CO.N/C(=C\N(N)c1cc(C=O)cc(C(=O)NCCCCCC=O)c1)CCCF.O=CO. The number of amides is 5. The Morgan fingerprint density at radius 1 is 0.800 bits per heavy atom. The van der Waals surface area contributed by atoms with Crippen LogP contribution < -0.4 is 48.9 Å². The number of carbonyl (C=O) groups is 8. The number of urea groups is 2. The van der Waals surface area contributed by atoms with E-state index in [1.54, 1.807) is 6.07 Å². The molecule has 22 heteroatoms. The van der Waals surface area contributed by atoms with E-state index < -0.39 is 18.7 Å². The predicted octanol–water partition coefficient (Wildman–Crippen LogP) is 0.639. The Balaban J connectivity index is -0.000000191. The lowest BCUT2D eigenvalue weighted by atomic mass is 10.1. The zero-order valence-electron chi connectivity index (χ0n) is 35.9. The maximum atomic E-state index is 12.3. The van der Waals surface area contributed by atoms with Gasteiger partial charge in [0.25, 0.3) is 12.4 Å². The Hall–Kier alpha value is -5.55. The number of hydrogen-bond acceptors (Lipinski definition) is 15. The third kappa shape index (κ3) is 46.8. The average molecular weight is 866 g/mol. The van der Waals surface area contributed by atoms with E-state index >= 15 is 0 Å². The van der Waals surface area contributed by atoms with E-state index in [9.17, 15) is 38.0 Å². The van der Waals surface area contributed by atoms with Crippen LogP contribution in [0.25, 0.3) is 0 Å². The minimum Gasteiger partial charge on any atom is -0.483 e. The van der Waals surface area contributed by atoms with Crippen molar-refractivity contribution in [2.24, 2.45) is 17.3 Å². The van der Waals surface area contributed by atoms with Gasteiger partial charge in [-0.25, -0.2) is 15.4 Å². The number of carbonyl (C=O) groups excluding carboxylic acids is 7. The molecule has 0 aliphatic heterocycles. The highest BCUT2D eigenvalue weighted by atomic mass is 19.1. The van der Waals surface area contributed by atoms with Crippen molar-refractivity contribution < 1.29 is 63.2 Å². The number of allylic oxidation sites excluding steroid dienone is 1. The molecule has 0 bridgehead atoms. The summed E-state index contributed by atoms with van der Waals surface area (Å²) in [5, 5.41) is 42.4. The van der Waals surface area contributed by atoms with Gasteiger partial charge in [0.1, 0.15) is 25.1 Å². The van der Waals surface area contributed by atoms with Gasteiger partial charge in [-0.1, -0.05) is 12.8 Å². The Bertz CT molecular complexity index is 1270. The number of benzene rings is 1. The highest BCUT2D eigenvalue weighted by Crippen LogP contribution is 2.18. The lowest BCUT2D eigenvalue weighted by Crippen LogP contribution is -2.46. The lowest BCUT2D eigenvalue weighted by Gasteiger charge is -2.17. The fraction of sp³-hybridized carbons (Fsp3) is 0.579. The molecule has 0 saturated heterocycles. The van der Waals surface area contributed by atoms with Crippen LogP contribution in [0, 0.1) is 0 Å². The molecule has 0 spiro atoms. The normalized spacial score (nSPS) is 10.3. The third-order valence-electron chi connectivity index (χ3n) is 6.84. The number of hydrogen-bond donors (Lipinski definition) is 12. The third-order valence-corrected chi connectivity index (χ3v) is 6.84. The number of unbranched alkanes of at least 4 members (excludes halogenated alkanes) is 4. The smallest absolute Gasteiger partial charge is 0.315 e. The summed E-state index contributed by atoms with van der Waals surface area (Å²) in [7, 11) is 6.39. The van der Waals surface area contributed by atoms with Crippen molar-refractivity contribution in [3.63, 3.8) is 0 Å². The number of aldehydes is 4. The molecule has 0 radical (unpaired) electrons. The molecule has 0 aromatic heterocycles. The summed E-state index contributed by atoms with van der Waals surface area (Å²) >= 11 is 0. The number of nitrogens with one attached hydrogen (secondary N) is 5. The van der Waals surface area contributed by atoms with Crippen LogP contribution in [0.5, 0.6) is 0 Å². The van der Waals surface area contributed by atoms with Crippen LogP contribution >= 0.6 is 0 Å². The van der Waals surface area contributed by atoms with Crippen molar-refractivity contribution in [3.05, 3.63) is 41.2 Å². The molecule has 2 unspecified atom stereocenters. The summed E-state index contributed by atoms with van der Waals surface area (Å²) in [5.41, 5.74) is 11.7. The molecule has 21 nitrogen and oxygen atoms in total. The zero-order chi connectivity index (χ0) is 47.6. The molecule has 1 aromatic rings. The van der Waals surface area contributed by atoms with Gasteiger partial charge in [0.2, 0.25) is 0 Å². The predicted molar refractivity (Wildman–Crippen MR) is 229 cm³/mol. The summed E-state index contributed by atoms with van der Waals surface area (Å²) in [4.78, 5) is 84.1. The second kappa shape index (κ2) is 53.5. The number of rotatable bonds is 24. The monoisotopic (exact) mass is 866 g/mol. The van der Waals surface area contributed by atoms with E-state index in [-0.39, 0.29) is 30.9 Å². The minimum absolute atomic E-state index is 0.0650. The Morgan fingerprint density at radius 3 is 1.85 bits per heavy atom. The highest BCUT2D eigenvalue weighted by molar-refractivity contribution is 5.97. The van der Waals surface area contributed by atoms with Crippen LogP contribution in [-0.4, -0.2) is 137 Å². The largest absolute Gasteiger partial charge is 0.483 e. The number of alkyl halides is 1. The Morgan fingerprint density at radius 2 is 1.37 bits per heavy atom. The number of hydrazine groups is 1. The second-order valence-electron chi connectivity index (χ2n) is 11.4. The van der Waals surface area contributed by atoms with Crippen LogP contribution in [0.3, 0.4) is 0 Å². The van der Waals surface area contributed by atoms with E-state index in [1.807, 2.05) is 14.0 Å². The van der Waals surface area contributed by atoms with Gasteiger partial charge in [0.05, 0.1) is 18.4 Å². The number of nitrogens with zero attached hydrogens (tertiary/aromatic N) is 1. The van der Waals surface area contributed by atoms with Crippen LogP contribution in [0.4, 0.5) is 19.7 Å². The number of nitrogens with two attached hydrogens (primary N) is 3. The first kappa shape index (κ1) is 66.3. The van der Waals surface area contributed by atoms with Gasteiger partial charge in [-0.15, -0.1) is 0 Å². The molecular formula is C38H72FN9O12. The number of primary amides is 1. The Labute approximate surface area is 353 Å². The summed E-state index contributed by atoms with van der Waals surface area (Å²) in [5.74, 6) is 5.61. The quantitative estimate of drug-likeness (QED) is 0.0294. The van der Waals surface area contributed by atoms with Crippen LogP contribution in [0.2, 0.25) is 0 Å². The van der Waals surface area contributed by atoms with E-state index in [2.05, 4.69) is 32.3 Å². The van der Waals surface area contributed by atoms with Crippen molar-refractivity contribution in [2.75, 3.05) is 60.2 Å². The fourth-order valence-corrected chi connectivity index (χ4v) is 4.09. The van der Waals surface area contributed by atoms with Crippen LogP contribution in [0.15, 0.2) is 30.1 Å². The fourth-order valence-electron chi connectivity index (χ4n) is 4.09. The average Bonchev–Trinajstić information content (AvgIpc) is 3.26. The molecule has 5 amide bonds. The topological polar surface area (TPSA) is 359 Å². The molecule has 348 valence electrons. The maximum absolute atomic E-state index is 12.3. The maximum Gasteiger partial charge on any atom is 0.315 e. The van der Waals surface area contributed by atoms with Gasteiger partial charge in [-0.3, -0.25) is 23.8 Å². The molecule has 15 N–H and O–H groups in total. The van der Waals surface area contributed by atoms with Gasteiger partial charge in [0, 0.05) is 76.8 Å². The molecule has 0 saturated carbocycles. The van der Waals surface area contributed by atoms with Gasteiger partial charge < -0.3 is 72.9 Å². The highest BCUT2D eigenvalue weighted by Gasteiger charge is 2.13. The molecule has 60 heavy (non-hydrogen) atoms. The van der Waals surface area contributed by atoms with Gasteiger partial charge in [-0.2, -0.15) is 0 Å². The van der Waals surface area contributed by atoms with E-state index in [1.165, 1.54) is 30.4 Å². The van der Waals surface area contributed by atoms with Crippen molar-refractivity contribution in [1.82, 2.24) is 26.6 Å². The van der Waals surface area contributed by atoms with Crippen molar-refractivity contribution in [1.29, 1.82) is 0 Å². The molecule has 0 heterocycles. The van der Waals surface area contributed by atoms with Crippen LogP contribution in [0.1, 0.15) is 98.3 Å². The first-order valence-electron chi connectivity index (χ1n) is 18.7. The van der Waals surface area contributed by atoms with E-state index in [0.29, 0.717) is 67.3 Å². The van der Waals surface area contributed by atoms with Crippen molar-refractivity contribution in [3.8, 4) is 0 Å². The van der Waals surface area contributed by atoms with E-state index in [4.69, 9.17) is 36.8 Å². The standard InChI is InChI=1S/C19H27FN4O3.C13H25N3O3.C2H6N2O.CH2O2.3CH4O/c20-7-5-6-17(21)13-24(22)18-11-15(14-26)10-16(12-18)19(27)23-8-3-1-2-4-9-25;1-11(6-3-4-8-14-2)15-13(19)16-12(10-18)7-5-9-17;1-4-2(3)5;2-1-3;3*1-2/h9-14H,1-8,21-22H2,(H,23,27);9-12,14H,3-8H2,1-2H3,(H2,15,16,19);1H3,(H3,3,4,5);1H,(H,2,3);3*2H,1H3/b17-13-;;;;;;. The van der Waals surface area contributed by atoms with Crippen LogP contribution in [-0.2, 0) is 19.2 Å². The second-order valence-corrected chi connectivity index (χ2v) is 11.4. The number of carboxylic acid groups (broad SMARTS) is 1. The number of aliphatic hydroxyl groups excluding tert-OH is 3. The van der Waals surface area contributed by atoms with E-state index in [0.717, 1.165) is 79.0 Å². The first-order valence-corrected chi connectivity index (χ1v) is 18.7. The van der Waals surface area contributed by atoms with Gasteiger partial charge >= 0.3 is 12.1 Å². The molecular weight excluding hydrogens is 793 g/mol. The molecule has 2 atom stereocenters.